The maximum absolute atomic E-state index is 11.9. The van der Waals surface area contributed by atoms with E-state index in [0.717, 1.165) is 25.7 Å². The molecule has 23 heavy (non-hydrogen) atoms. The van der Waals surface area contributed by atoms with Gasteiger partial charge in [0, 0.05) is 18.1 Å². The predicted molar refractivity (Wildman–Crippen MR) is 90.2 cm³/mol. The molecule has 0 aromatic heterocycles. The van der Waals surface area contributed by atoms with Crippen molar-refractivity contribution in [2.24, 2.45) is 0 Å². The first kappa shape index (κ1) is 18.5. The number of alkyl carbamates (subject to hydrolysis) is 1. The van der Waals surface area contributed by atoms with E-state index in [2.05, 4.69) is 10.6 Å². The minimum absolute atomic E-state index is 0.122. The Labute approximate surface area is 139 Å². The fourth-order valence-corrected chi connectivity index (χ4v) is 4.94. The first-order chi connectivity index (χ1) is 10.6. The van der Waals surface area contributed by atoms with E-state index >= 15 is 0 Å². The van der Waals surface area contributed by atoms with E-state index in [1.165, 1.54) is 0 Å². The summed E-state index contributed by atoms with van der Waals surface area (Å²) in [5.74, 6) is 0.528. The van der Waals surface area contributed by atoms with Crippen molar-refractivity contribution in [3.63, 3.8) is 0 Å². The van der Waals surface area contributed by atoms with Crippen molar-refractivity contribution in [2.75, 3.05) is 18.1 Å². The van der Waals surface area contributed by atoms with Gasteiger partial charge < -0.3 is 15.4 Å². The Bertz CT molecular complexity index is 505. The predicted octanol–water partition coefficient (Wildman–Crippen LogP) is 1.99. The summed E-state index contributed by atoms with van der Waals surface area (Å²) in [7, 11) is -2.84. The zero-order valence-electron chi connectivity index (χ0n) is 14.5. The fourth-order valence-electron chi connectivity index (χ4n) is 3.45. The van der Waals surface area contributed by atoms with E-state index in [0.29, 0.717) is 19.4 Å². The van der Waals surface area contributed by atoms with Crippen molar-refractivity contribution < 1.29 is 17.9 Å². The highest BCUT2D eigenvalue weighted by Gasteiger charge is 2.37. The van der Waals surface area contributed by atoms with Crippen LogP contribution in [0.5, 0.6) is 0 Å². The molecule has 1 saturated carbocycles. The van der Waals surface area contributed by atoms with Gasteiger partial charge in [0.05, 0.1) is 11.5 Å². The summed E-state index contributed by atoms with van der Waals surface area (Å²) < 4.78 is 28.4. The second-order valence-corrected chi connectivity index (χ2v) is 10.2. The summed E-state index contributed by atoms with van der Waals surface area (Å²) in [6, 6.07) is 0.220. The molecule has 0 unspecified atom stereocenters. The molecule has 134 valence electrons. The standard InChI is InChI=1S/C16H30N2O4S/c1-15(2,3)22-14(19)17-12-16(8-4-5-9-16)18-13-6-10-23(20,21)11-7-13/h13,18H,4-12H2,1-3H3,(H,17,19). The minimum atomic E-state index is -2.84. The van der Waals surface area contributed by atoms with Gasteiger partial charge in [0.2, 0.25) is 0 Å². The molecule has 2 N–H and O–H groups in total. The molecule has 1 aliphatic carbocycles. The molecule has 2 rings (SSSR count). The summed E-state index contributed by atoms with van der Waals surface area (Å²) in [4.78, 5) is 11.9. The van der Waals surface area contributed by atoms with E-state index in [1.54, 1.807) is 0 Å². The summed E-state index contributed by atoms with van der Waals surface area (Å²) in [6.07, 6.45) is 5.21. The first-order valence-electron chi connectivity index (χ1n) is 8.54. The van der Waals surface area contributed by atoms with Crippen molar-refractivity contribution >= 4 is 15.9 Å². The van der Waals surface area contributed by atoms with Crippen LogP contribution >= 0.6 is 0 Å². The summed E-state index contributed by atoms with van der Waals surface area (Å²) in [5.41, 5.74) is -0.624. The summed E-state index contributed by atoms with van der Waals surface area (Å²) in [5, 5.41) is 6.54. The lowest BCUT2D eigenvalue weighted by Crippen LogP contribution is -2.57. The van der Waals surface area contributed by atoms with Crippen molar-refractivity contribution in [2.45, 2.75) is 76.5 Å². The van der Waals surface area contributed by atoms with Gasteiger partial charge in [-0.1, -0.05) is 12.8 Å². The minimum Gasteiger partial charge on any atom is -0.444 e. The molecule has 0 atom stereocenters. The van der Waals surface area contributed by atoms with Crippen LogP contribution in [0.15, 0.2) is 0 Å². The third kappa shape index (κ3) is 5.95. The highest BCUT2D eigenvalue weighted by atomic mass is 32.2. The molecule has 1 aliphatic heterocycles. The van der Waals surface area contributed by atoms with Gasteiger partial charge in [0.1, 0.15) is 15.4 Å². The molecule has 0 spiro atoms. The molecule has 0 aromatic carbocycles. The molecule has 0 bridgehead atoms. The number of carbonyl (C=O) groups excluding carboxylic acids is 1. The molecule has 7 heteroatoms. The SMILES string of the molecule is CC(C)(C)OC(=O)NCC1(NC2CCS(=O)(=O)CC2)CCCC1. The van der Waals surface area contributed by atoms with Crippen LogP contribution in [0, 0.1) is 0 Å². The van der Waals surface area contributed by atoms with E-state index < -0.39 is 21.5 Å². The number of rotatable bonds is 4. The highest BCUT2D eigenvalue weighted by molar-refractivity contribution is 7.91. The van der Waals surface area contributed by atoms with Crippen LogP contribution in [0.2, 0.25) is 0 Å². The number of hydrogen-bond donors (Lipinski definition) is 2. The smallest absolute Gasteiger partial charge is 0.407 e. The lowest BCUT2D eigenvalue weighted by Gasteiger charge is -2.37. The van der Waals surface area contributed by atoms with Gasteiger partial charge in [0.15, 0.2) is 0 Å². The molecule has 1 heterocycles. The molecule has 0 radical (unpaired) electrons. The van der Waals surface area contributed by atoms with Crippen molar-refractivity contribution in [1.82, 2.24) is 10.6 Å². The molecule has 6 nitrogen and oxygen atoms in total. The first-order valence-corrected chi connectivity index (χ1v) is 10.4. The molecule has 1 saturated heterocycles. The zero-order chi connectivity index (χ0) is 17.1. The van der Waals surface area contributed by atoms with E-state index in [-0.39, 0.29) is 23.1 Å². The topological polar surface area (TPSA) is 84.5 Å². The van der Waals surface area contributed by atoms with Crippen LogP contribution in [0.4, 0.5) is 4.79 Å². The third-order valence-electron chi connectivity index (χ3n) is 4.60. The largest absolute Gasteiger partial charge is 0.444 e. The van der Waals surface area contributed by atoms with Crippen LogP contribution < -0.4 is 10.6 Å². The number of amides is 1. The average Bonchev–Trinajstić information content (AvgIpc) is 2.86. The van der Waals surface area contributed by atoms with Crippen LogP contribution in [0.25, 0.3) is 0 Å². The molecular weight excluding hydrogens is 316 g/mol. The summed E-state index contributed by atoms with van der Waals surface area (Å²) in [6.45, 7) is 6.07. The lowest BCUT2D eigenvalue weighted by molar-refractivity contribution is 0.0507. The van der Waals surface area contributed by atoms with Crippen molar-refractivity contribution in [3.8, 4) is 0 Å². The van der Waals surface area contributed by atoms with Gasteiger partial charge in [-0.2, -0.15) is 0 Å². The number of nitrogens with one attached hydrogen (secondary N) is 2. The Hall–Kier alpha value is -0.820. The molecule has 2 aliphatic rings. The van der Waals surface area contributed by atoms with Crippen LogP contribution in [0.3, 0.4) is 0 Å². The molecular formula is C16H30N2O4S. The Morgan fingerprint density at radius 3 is 2.26 bits per heavy atom. The van der Waals surface area contributed by atoms with Crippen molar-refractivity contribution in [1.29, 1.82) is 0 Å². The Kier molecular flexibility index (Phi) is 5.61. The van der Waals surface area contributed by atoms with Gasteiger partial charge >= 0.3 is 6.09 Å². The number of ether oxygens (including phenoxy) is 1. The van der Waals surface area contributed by atoms with Crippen LogP contribution in [-0.4, -0.2) is 49.7 Å². The third-order valence-corrected chi connectivity index (χ3v) is 6.31. The zero-order valence-corrected chi connectivity index (χ0v) is 15.3. The van der Waals surface area contributed by atoms with Crippen LogP contribution in [-0.2, 0) is 14.6 Å². The second kappa shape index (κ2) is 6.97. The van der Waals surface area contributed by atoms with Gasteiger partial charge in [-0.25, -0.2) is 13.2 Å². The second-order valence-electron chi connectivity index (χ2n) is 7.91. The molecule has 0 aromatic rings. The molecule has 2 fully saturated rings. The maximum Gasteiger partial charge on any atom is 0.407 e. The van der Waals surface area contributed by atoms with Crippen LogP contribution in [0.1, 0.15) is 59.3 Å². The Morgan fingerprint density at radius 1 is 1.17 bits per heavy atom. The van der Waals surface area contributed by atoms with Gasteiger partial charge in [0.25, 0.3) is 0 Å². The lowest BCUT2D eigenvalue weighted by atomic mass is 9.94. The Balaban J connectivity index is 1.88. The van der Waals surface area contributed by atoms with Crippen molar-refractivity contribution in [3.05, 3.63) is 0 Å². The fraction of sp³-hybridized carbons (Fsp3) is 0.938. The van der Waals surface area contributed by atoms with Gasteiger partial charge in [-0.05, 0) is 46.5 Å². The average molecular weight is 346 g/mol. The van der Waals surface area contributed by atoms with E-state index in [9.17, 15) is 13.2 Å². The monoisotopic (exact) mass is 346 g/mol. The number of sulfone groups is 1. The van der Waals surface area contributed by atoms with Gasteiger partial charge in [-0.15, -0.1) is 0 Å². The van der Waals surface area contributed by atoms with E-state index in [1.807, 2.05) is 20.8 Å². The molecule has 1 amide bonds. The number of hydrogen-bond acceptors (Lipinski definition) is 5. The summed E-state index contributed by atoms with van der Waals surface area (Å²) >= 11 is 0. The quantitative estimate of drug-likeness (QED) is 0.813. The Morgan fingerprint density at radius 2 is 1.74 bits per heavy atom. The highest BCUT2D eigenvalue weighted by Crippen LogP contribution is 2.31. The van der Waals surface area contributed by atoms with Gasteiger partial charge in [-0.3, -0.25) is 0 Å². The number of carbonyl (C=O) groups is 1. The van der Waals surface area contributed by atoms with E-state index in [4.69, 9.17) is 4.74 Å². The maximum atomic E-state index is 11.9. The normalized spacial score (nSPS) is 24.3.